The van der Waals surface area contributed by atoms with Gasteiger partial charge in [-0.05, 0) is 55.6 Å². The molecule has 0 saturated carbocycles. The van der Waals surface area contributed by atoms with Crippen molar-refractivity contribution >= 4 is 55.8 Å². The Hall–Kier alpha value is -1.87. The van der Waals surface area contributed by atoms with Gasteiger partial charge in [-0.15, -0.1) is 0 Å². The van der Waals surface area contributed by atoms with Crippen molar-refractivity contribution in [1.82, 2.24) is 0 Å². The zero-order valence-corrected chi connectivity index (χ0v) is 15.3. The molecule has 0 radical (unpaired) electrons. The number of aliphatic carboxylic acids is 1. The summed E-state index contributed by atoms with van der Waals surface area (Å²) in [5.41, 5.74) is 0.185. The summed E-state index contributed by atoms with van der Waals surface area (Å²) in [4.78, 5) is 33.8. The Morgan fingerprint density at radius 2 is 1.57 bits per heavy atom. The fraction of sp³-hybridized carbons (Fsp3) is 0.214. The van der Waals surface area contributed by atoms with E-state index < -0.39 is 24.5 Å². The maximum absolute atomic E-state index is 11.6. The zero-order valence-electron chi connectivity index (χ0n) is 12.1. The maximum atomic E-state index is 11.6. The van der Waals surface area contributed by atoms with Gasteiger partial charge in [-0.2, -0.15) is 0 Å². The van der Waals surface area contributed by atoms with Gasteiger partial charge in [0.25, 0.3) is 0 Å². The predicted octanol–water partition coefficient (Wildman–Crippen LogP) is 2.40. The van der Waals surface area contributed by atoms with Gasteiger partial charge >= 0.3 is 17.9 Å². The number of hydrogen-bond acceptors (Lipinski definition) is 6. The number of benzene rings is 1. The minimum atomic E-state index is -1.12. The predicted molar refractivity (Wildman–Crippen MR) is 87.0 cm³/mol. The molecule has 1 aromatic carbocycles. The average Bonchev–Trinajstić information content (AvgIpc) is 2.50. The third-order valence-corrected chi connectivity index (χ3v) is 3.66. The number of esters is 2. The highest BCUT2D eigenvalue weighted by Crippen LogP contribution is 2.35. The average molecular weight is 452 g/mol. The lowest BCUT2D eigenvalue weighted by Gasteiger charge is -2.10. The van der Waals surface area contributed by atoms with Gasteiger partial charge < -0.3 is 19.3 Å². The Morgan fingerprint density at radius 3 is 1.96 bits per heavy atom. The van der Waals surface area contributed by atoms with E-state index in [0.29, 0.717) is 14.5 Å². The van der Waals surface area contributed by atoms with E-state index in [1.54, 1.807) is 12.1 Å². The molecule has 0 saturated heterocycles. The topological polar surface area (TPSA) is 99.1 Å². The molecule has 9 heteroatoms. The highest BCUT2D eigenvalue weighted by atomic mass is 79.9. The van der Waals surface area contributed by atoms with Crippen LogP contribution >= 0.6 is 31.9 Å². The Bertz CT molecular complexity index is 626. The molecule has 1 aromatic rings. The Morgan fingerprint density at radius 1 is 1.09 bits per heavy atom. The standard InChI is InChI=1S/C14H12Br2O7/c1-21-13(19)8(14(20)22-2)3-7-4-9(15)12(10(16)5-7)23-6-11(17)18/h3-5H,6H2,1-2H3,(H,17,18). The summed E-state index contributed by atoms with van der Waals surface area (Å²) in [6.07, 6.45) is 1.29. The molecule has 0 aliphatic carbocycles. The van der Waals surface area contributed by atoms with Gasteiger partial charge in [0, 0.05) is 0 Å². The summed E-state index contributed by atoms with van der Waals surface area (Å²) in [5, 5.41) is 8.64. The van der Waals surface area contributed by atoms with Crippen LogP contribution in [0.15, 0.2) is 26.7 Å². The largest absolute Gasteiger partial charge is 0.480 e. The van der Waals surface area contributed by atoms with Crippen LogP contribution in [-0.4, -0.2) is 43.8 Å². The van der Waals surface area contributed by atoms with Crippen molar-refractivity contribution < 1.29 is 33.7 Å². The SMILES string of the molecule is COC(=O)C(=Cc1cc(Br)c(OCC(=O)O)c(Br)c1)C(=O)OC. The van der Waals surface area contributed by atoms with E-state index in [4.69, 9.17) is 9.84 Å². The van der Waals surface area contributed by atoms with Crippen LogP contribution in [0.1, 0.15) is 5.56 Å². The van der Waals surface area contributed by atoms with E-state index in [1.807, 2.05) is 0 Å². The van der Waals surface area contributed by atoms with Crippen molar-refractivity contribution in [2.45, 2.75) is 0 Å². The number of methoxy groups -OCH3 is 2. The number of carbonyl (C=O) groups excluding carboxylic acids is 2. The van der Waals surface area contributed by atoms with Crippen molar-refractivity contribution in [3.8, 4) is 5.75 Å². The number of carbonyl (C=O) groups is 3. The number of halogens is 2. The number of carboxylic acid groups (broad SMARTS) is 1. The van der Waals surface area contributed by atoms with Crippen LogP contribution in [0.3, 0.4) is 0 Å². The van der Waals surface area contributed by atoms with E-state index in [1.165, 1.54) is 6.08 Å². The fourth-order valence-corrected chi connectivity index (χ4v) is 2.97. The monoisotopic (exact) mass is 450 g/mol. The molecule has 1 rings (SSSR count). The third kappa shape index (κ3) is 5.36. The first-order chi connectivity index (χ1) is 10.8. The molecule has 1 N–H and O–H groups in total. The first kappa shape index (κ1) is 19.2. The van der Waals surface area contributed by atoms with Crippen LogP contribution in [0.2, 0.25) is 0 Å². The van der Waals surface area contributed by atoms with E-state index >= 15 is 0 Å². The molecule has 124 valence electrons. The Kier molecular flexibility index (Phi) is 7.24. The summed E-state index contributed by atoms with van der Waals surface area (Å²) in [7, 11) is 2.29. The van der Waals surface area contributed by atoms with E-state index in [0.717, 1.165) is 14.2 Å². The molecule has 0 aliphatic rings. The van der Waals surface area contributed by atoms with Gasteiger partial charge in [0.1, 0.15) is 11.3 Å². The molecule has 23 heavy (non-hydrogen) atoms. The molecular weight excluding hydrogens is 440 g/mol. The number of rotatable bonds is 6. The lowest BCUT2D eigenvalue weighted by Crippen LogP contribution is -2.15. The van der Waals surface area contributed by atoms with Crippen LogP contribution in [0, 0.1) is 0 Å². The summed E-state index contributed by atoms with van der Waals surface area (Å²) < 4.78 is 15.1. The van der Waals surface area contributed by atoms with Gasteiger partial charge in [-0.25, -0.2) is 14.4 Å². The number of ether oxygens (including phenoxy) is 3. The van der Waals surface area contributed by atoms with Crippen molar-refractivity contribution in [2.75, 3.05) is 20.8 Å². The molecule has 0 spiro atoms. The second-order valence-electron chi connectivity index (χ2n) is 4.04. The molecule has 0 aliphatic heterocycles. The quantitative estimate of drug-likeness (QED) is 0.307. The summed E-state index contributed by atoms with van der Waals surface area (Å²) in [5.74, 6) is -2.51. The molecule has 0 heterocycles. The van der Waals surface area contributed by atoms with Crippen LogP contribution in [0.5, 0.6) is 5.75 Å². The molecular formula is C14H12Br2O7. The second kappa shape index (κ2) is 8.68. The van der Waals surface area contributed by atoms with Crippen LogP contribution < -0.4 is 4.74 Å². The van der Waals surface area contributed by atoms with Gasteiger partial charge in [-0.1, -0.05) is 0 Å². The van der Waals surface area contributed by atoms with Crippen LogP contribution in [0.25, 0.3) is 6.08 Å². The Labute approximate surface area is 148 Å². The van der Waals surface area contributed by atoms with Gasteiger partial charge in [-0.3, -0.25) is 0 Å². The van der Waals surface area contributed by atoms with Crippen molar-refractivity contribution in [2.24, 2.45) is 0 Å². The normalized spacial score (nSPS) is 9.74. The molecule has 0 amide bonds. The first-order valence-corrected chi connectivity index (χ1v) is 7.60. The van der Waals surface area contributed by atoms with E-state index in [9.17, 15) is 14.4 Å². The van der Waals surface area contributed by atoms with Crippen LogP contribution in [-0.2, 0) is 23.9 Å². The zero-order chi connectivity index (χ0) is 17.6. The molecule has 0 aromatic heterocycles. The van der Waals surface area contributed by atoms with Crippen molar-refractivity contribution in [3.63, 3.8) is 0 Å². The first-order valence-electron chi connectivity index (χ1n) is 6.02. The smallest absolute Gasteiger partial charge is 0.345 e. The minimum Gasteiger partial charge on any atom is -0.480 e. The van der Waals surface area contributed by atoms with Crippen molar-refractivity contribution in [3.05, 3.63) is 32.2 Å². The molecule has 0 unspecified atom stereocenters. The lowest BCUT2D eigenvalue weighted by atomic mass is 10.1. The summed E-state index contributed by atoms with van der Waals surface area (Å²) in [6.45, 7) is -0.512. The fourth-order valence-electron chi connectivity index (χ4n) is 1.52. The highest BCUT2D eigenvalue weighted by molar-refractivity contribution is 9.11. The minimum absolute atomic E-state index is 0.280. The van der Waals surface area contributed by atoms with E-state index in [-0.39, 0.29) is 11.3 Å². The molecule has 0 fully saturated rings. The second-order valence-corrected chi connectivity index (χ2v) is 5.75. The summed E-state index contributed by atoms with van der Waals surface area (Å²) in [6, 6.07) is 3.10. The highest BCUT2D eigenvalue weighted by Gasteiger charge is 2.20. The number of hydrogen-bond donors (Lipinski definition) is 1. The van der Waals surface area contributed by atoms with Crippen molar-refractivity contribution in [1.29, 1.82) is 0 Å². The third-order valence-electron chi connectivity index (χ3n) is 2.48. The maximum Gasteiger partial charge on any atom is 0.345 e. The van der Waals surface area contributed by atoms with Gasteiger partial charge in [0.15, 0.2) is 6.61 Å². The molecule has 0 bridgehead atoms. The molecule has 0 atom stereocenters. The lowest BCUT2D eigenvalue weighted by molar-refractivity contribution is -0.144. The summed E-state index contributed by atoms with van der Waals surface area (Å²) >= 11 is 6.47. The number of carboxylic acids is 1. The Balaban J connectivity index is 3.22. The van der Waals surface area contributed by atoms with Crippen LogP contribution in [0.4, 0.5) is 0 Å². The van der Waals surface area contributed by atoms with Gasteiger partial charge in [0.05, 0.1) is 23.2 Å². The molecule has 7 nitrogen and oxygen atoms in total. The van der Waals surface area contributed by atoms with Gasteiger partial charge in [0.2, 0.25) is 0 Å². The van der Waals surface area contributed by atoms with E-state index in [2.05, 4.69) is 41.3 Å².